The predicted octanol–water partition coefficient (Wildman–Crippen LogP) is 3.12. The minimum absolute atomic E-state index is 0.0813. The molecular weight excluding hydrogens is 348 g/mol. The van der Waals surface area contributed by atoms with Gasteiger partial charge in [0.15, 0.2) is 0 Å². The smallest absolute Gasteiger partial charge is 0.253 e. The summed E-state index contributed by atoms with van der Waals surface area (Å²) in [6.45, 7) is 1.97. The standard InChI is InChI=1S/C19H22N4O2S/c1-23-9-3-5-12(11-23)20-19(24)13-7-8-14(25-2)17-16(13)21-18(22-17)15-6-4-10-26-15/h4,6-8,10,12H,3,5,9,11H2,1-2H3,(H,20,24)(H,21,22). The van der Waals surface area contributed by atoms with Gasteiger partial charge in [-0.2, -0.15) is 0 Å². The van der Waals surface area contributed by atoms with Crippen molar-refractivity contribution in [2.75, 3.05) is 27.2 Å². The number of carbonyl (C=O) groups is 1. The van der Waals surface area contributed by atoms with E-state index in [1.165, 1.54) is 0 Å². The third kappa shape index (κ3) is 3.20. The molecule has 0 saturated carbocycles. The second-order valence-corrected chi connectivity index (χ2v) is 7.62. The van der Waals surface area contributed by atoms with E-state index in [2.05, 4.69) is 22.2 Å². The normalized spacial score (nSPS) is 18.2. The molecule has 1 atom stereocenters. The maximum absolute atomic E-state index is 12.9. The Kier molecular flexibility index (Phi) is 4.65. The first kappa shape index (κ1) is 17.1. The van der Waals surface area contributed by atoms with Crippen molar-refractivity contribution in [1.82, 2.24) is 20.2 Å². The topological polar surface area (TPSA) is 70.2 Å². The third-order valence-corrected chi connectivity index (χ3v) is 5.66. The molecule has 1 aliphatic heterocycles. The van der Waals surface area contributed by atoms with Crippen LogP contribution in [0.2, 0.25) is 0 Å². The van der Waals surface area contributed by atoms with Crippen LogP contribution in [-0.2, 0) is 0 Å². The van der Waals surface area contributed by atoms with Crippen molar-refractivity contribution < 1.29 is 9.53 Å². The van der Waals surface area contributed by atoms with Gasteiger partial charge >= 0.3 is 0 Å². The molecule has 2 N–H and O–H groups in total. The number of piperidine rings is 1. The molecule has 1 saturated heterocycles. The second-order valence-electron chi connectivity index (χ2n) is 6.68. The van der Waals surface area contributed by atoms with E-state index in [1.54, 1.807) is 24.5 Å². The van der Waals surface area contributed by atoms with Crippen LogP contribution in [0.4, 0.5) is 0 Å². The average molecular weight is 370 g/mol. The summed E-state index contributed by atoms with van der Waals surface area (Å²) in [5.74, 6) is 1.36. The van der Waals surface area contributed by atoms with Crippen LogP contribution in [0.1, 0.15) is 23.2 Å². The molecule has 0 radical (unpaired) electrons. The first-order valence-corrected chi connectivity index (χ1v) is 9.63. The van der Waals surface area contributed by atoms with Crippen LogP contribution in [0, 0.1) is 0 Å². The molecule has 1 fully saturated rings. The third-order valence-electron chi connectivity index (χ3n) is 4.79. The summed E-state index contributed by atoms with van der Waals surface area (Å²) in [4.78, 5) is 24.2. The van der Waals surface area contributed by atoms with Crippen molar-refractivity contribution >= 4 is 28.3 Å². The molecule has 3 aromatic rings. The maximum atomic E-state index is 12.9. The summed E-state index contributed by atoms with van der Waals surface area (Å²) in [7, 11) is 3.71. The molecule has 1 amide bonds. The summed E-state index contributed by atoms with van der Waals surface area (Å²) >= 11 is 1.61. The largest absolute Gasteiger partial charge is 0.494 e. The van der Waals surface area contributed by atoms with E-state index in [9.17, 15) is 4.79 Å². The van der Waals surface area contributed by atoms with Crippen molar-refractivity contribution in [3.8, 4) is 16.5 Å². The van der Waals surface area contributed by atoms with Gasteiger partial charge < -0.3 is 19.9 Å². The van der Waals surface area contributed by atoms with Crippen LogP contribution in [0.15, 0.2) is 29.6 Å². The van der Waals surface area contributed by atoms with Gasteiger partial charge in [-0.15, -0.1) is 11.3 Å². The summed E-state index contributed by atoms with van der Waals surface area (Å²) < 4.78 is 5.45. The second kappa shape index (κ2) is 7.09. The van der Waals surface area contributed by atoms with Gasteiger partial charge in [-0.05, 0) is 50.0 Å². The number of likely N-dealkylation sites (tertiary alicyclic amines) is 1. The van der Waals surface area contributed by atoms with Gasteiger partial charge in [0.1, 0.15) is 22.6 Å². The van der Waals surface area contributed by atoms with Crippen molar-refractivity contribution in [2.24, 2.45) is 0 Å². The molecule has 1 aromatic carbocycles. The van der Waals surface area contributed by atoms with Gasteiger partial charge in [0.05, 0.1) is 17.6 Å². The lowest BCUT2D eigenvalue weighted by molar-refractivity contribution is 0.0914. The van der Waals surface area contributed by atoms with Crippen molar-refractivity contribution in [1.29, 1.82) is 0 Å². The lowest BCUT2D eigenvalue weighted by atomic mass is 10.1. The molecule has 1 aliphatic rings. The minimum Gasteiger partial charge on any atom is -0.494 e. The SMILES string of the molecule is COc1ccc(C(=O)NC2CCCN(C)C2)c2nc(-c3cccs3)[nH]c12. The van der Waals surface area contributed by atoms with Crippen LogP contribution in [0.5, 0.6) is 5.75 Å². The van der Waals surface area contributed by atoms with Gasteiger partial charge in [0, 0.05) is 12.6 Å². The summed E-state index contributed by atoms with van der Waals surface area (Å²) in [6, 6.07) is 7.78. The maximum Gasteiger partial charge on any atom is 0.253 e. The monoisotopic (exact) mass is 370 g/mol. The molecule has 2 aromatic heterocycles. The molecule has 1 unspecified atom stereocenters. The lowest BCUT2D eigenvalue weighted by Crippen LogP contribution is -2.46. The van der Waals surface area contributed by atoms with Crippen LogP contribution in [-0.4, -0.2) is 54.1 Å². The highest BCUT2D eigenvalue weighted by atomic mass is 32.1. The Morgan fingerprint density at radius 3 is 3.04 bits per heavy atom. The van der Waals surface area contributed by atoms with E-state index in [0.717, 1.165) is 42.1 Å². The zero-order valence-electron chi connectivity index (χ0n) is 14.9. The number of aromatic nitrogens is 2. The van der Waals surface area contributed by atoms with Crippen LogP contribution < -0.4 is 10.1 Å². The van der Waals surface area contributed by atoms with Crippen molar-refractivity contribution in [3.63, 3.8) is 0 Å². The zero-order valence-corrected chi connectivity index (χ0v) is 15.7. The highest BCUT2D eigenvalue weighted by Gasteiger charge is 2.23. The molecule has 26 heavy (non-hydrogen) atoms. The minimum atomic E-state index is -0.0813. The Morgan fingerprint density at radius 2 is 2.31 bits per heavy atom. The number of fused-ring (bicyclic) bond motifs is 1. The Hall–Kier alpha value is -2.38. The van der Waals surface area contributed by atoms with Gasteiger partial charge in [-0.25, -0.2) is 4.98 Å². The number of nitrogens with zero attached hydrogens (tertiary/aromatic N) is 2. The van der Waals surface area contributed by atoms with E-state index in [1.807, 2.05) is 23.6 Å². The number of ether oxygens (including phenoxy) is 1. The number of hydrogen-bond acceptors (Lipinski definition) is 5. The van der Waals surface area contributed by atoms with Crippen molar-refractivity contribution in [2.45, 2.75) is 18.9 Å². The Balaban J connectivity index is 1.69. The fourth-order valence-electron chi connectivity index (χ4n) is 3.50. The Bertz CT molecular complexity index is 919. The lowest BCUT2D eigenvalue weighted by Gasteiger charge is -2.30. The van der Waals surface area contributed by atoms with Crippen molar-refractivity contribution in [3.05, 3.63) is 35.2 Å². The fraction of sp³-hybridized carbons (Fsp3) is 0.368. The molecule has 4 rings (SSSR count). The number of methoxy groups -OCH3 is 1. The summed E-state index contributed by atoms with van der Waals surface area (Å²) in [6.07, 6.45) is 2.11. The number of hydrogen-bond donors (Lipinski definition) is 2. The van der Waals surface area contributed by atoms with E-state index in [-0.39, 0.29) is 11.9 Å². The number of likely N-dealkylation sites (N-methyl/N-ethyl adjacent to an activating group) is 1. The van der Waals surface area contributed by atoms with E-state index in [0.29, 0.717) is 16.8 Å². The van der Waals surface area contributed by atoms with Gasteiger partial charge in [-0.3, -0.25) is 4.79 Å². The van der Waals surface area contributed by atoms with E-state index < -0.39 is 0 Å². The van der Waals surface area contributed by atoms with Crippen LogP contribution in [0.25, 0.3) is 21.7 Å². The number of aromatic amines is 1. The molecule has 3 heterocycles. The quantitative estimate of drug-likeness (QED) is 0.740. The Morgan fingerprint density at radius 1 is 1.42 bits per heavy atom. The number of nitrogens with one attached hydrogen (secondary N) is 2. The molecule has 136 valence electrons. The number of thiophene rings is 1. The first-order valence-electron chi connectivity index (χ1n) is 8.75. The summed E-state index contributed by atoms with van der Waals surface area (Å²) in [5, 5.41) is 5.17. The highest BCUT2D eigenvalue weighted by molar-refractivity contribution is 7.13. The van der Waals surface area contributed by atoms with E-state index in [4.69, 9.17) is 9.72 Å². The van der Waals surface area contributed by atoms with Gasteiger partial charge in [0.25, 0.3) is 5.91 Å². The highest BCUT2D eigenvalue weighted by Crippen LogP contribution is 2.31. The molecule has 7 heteroatoms. The van der Waals surface area contributed by atoms with Gasteiger partial charge in [0.2, 0.25) is 0 Å². The number of imidazole rings is 1. The molecule has 6 nitrogen and oxygen atoms in total. The molecule has 0 bridgehead atoms. The number of benzene rings is 1. The predicted molar refractivity (Wildman–Crippen MR) is 104 cm³/mol. The molecule has 0 spiro atoms. The number of amides is 1. The number of rotatable bonds is 4. The molecule has 0 aliphatic carbocycles. The van der Waals surface area contributed by atoms with Crippen LogP contribution >= 0.6 is 11.3 Å². The fourth-order valence-corrected chi connectivity index (χ4v) is 4.17. The zero-order chi connectivity index (χ0) is 18.1. The average Bonchev–Trinajstić information content (AvgIpc) is 3.30. The number of H-pyrrole nitrogens is 1. The van der Waals surface area contributed by atoms with Crippen LogP contribution in [0.3, 0.4) is 0 Å². The first-order chi connectivity index (χ1) is 12.7. The Labute approximate surface area is 156 Å². The summed E-state index contributed by atoms with van der Waals surface area (Å²) in [5.41, 5.74) is 1.98. The number of carbonyl (C=O) groups excluding carboxylic acids is 1. The van der Waals surface area contributed by atoms with Gasteiger partial charge in [-0.1, -0.05) is 6.07 Å². The van der Waals surface area contributed by atoms with E-state index >= 15 is 0 Å². The molecular formula is C19H22N4O2S.